The van der Waals surface area contributed by atoms with Crippen LogP contribution < -0.4 is 16.2 Å². The fourth-order valence-electron chi connectivity index (χ4n) is 4.64. The molecule has 2 aromatic rings. The van der Waals surface area contributed by atoms with E-state index < -0.39 is 17.3 Å². The van der Waals surface area contributed by atoms with Gasteiger partial charge in [0.15, 0.2) is 5.82 Å². The fraction of sp³-hybridized carbons (Fsp3) is 0.474. The number of aryl methyl sites for hydroxylation is 1. The third-order valence-corrected chi connectivity index (χ3v) is 6.27. The van der Waals surface area contributed by atoms with Gasteiger partial charge in [-0.25, -0.2) is 9.18 Å². The van der Waals surface area contributed by atoms with Crippen molar-refractivity contribution in [2.75, 3.05) is 18.0 Å². The summed E-state index contributed by atoms with van der Waals surface area (Å²) in [6.07, 6.45) is 3.08. The van der Waals surface area contributed by atoms with Crippen LogP contribution in [-0.2, 0) is 0 Å². The molecule has 3 aliphatic rings. The average Bonchev–Trinajstić information content (AvgIpc) is 3.47. The van der Waals surface area contributed by atoms with Crippen molar-refractivity contribution in [1.29, 1.82) is 0 Å². The van der Waals surface area contributed by atoms with Gasteiger partial charge in [-0.3, -0.25) is 9.20 Å². The predicted octanol–water partition coefficient (Wildman–Crippen LogP) is 1.72. The number of carboxylic acid groups (broad SMARTS) is 1. The number of aromatic carboxylic acids is 1. The summed E-state index contributed by atoms with van der Waals surface area (Å²) >= 11 is 0. The average molecular weight is 357 g/mol. The van der Waals surface area contributed by atoms with Gasteiger partial charge >= 0.3 is 5.97 Å². The number of nitrogens with two attached hydrogens (primary N) is 1. The van der Waals surface area contributed by atoms with Crippen molar-refractivity contribution in [2.45, 2.75) is 31.7 Å². The molecule has 2 saturated carbocycles. The highest BCUT2D eigenvalue weighted by Gasteiger charge is 2.54. The zero-order valence-electron chi connectivity index (χ0n) is 14.4. The van der Waals surface area contributed by atoms with Crippen LogP contribution in [0.5, 0.6) is 0 Å². The number of nitrogens with zero attached hydrogens (tertiary/aromatic N) is 2. The molecule has 3 atom stereocenters. The molecule has 3 fully saturated rings. The van der Waals surface area contributed by atoms with Gasteiger partial charge in [0.2, 0.25) is 0 Å². The van der Waals surface area contributed by atoms with Crippen LogP contribution in [0.25, 0.3) is 5.52 Å². The normalized spacial score (nSPS) is 27.0. The second-order valence-electron chi connectivity index (χ2n) is 7.88. The van der Waals surface area contributed by atoms with E-state index in [1.54, 1.807) is 0 Å². The highest BCUT2D eigenvalue weighted by Crippen LogP contribution is 2.48. The number of piperidine rings is 1. The van der Waals surface area contributed by atoms with Gasteiger partial charge in [-0.05, 0) is 54.7 Å². The summed E-state index contributed by atoms with van der Waals surface area (Å²) in [6, 6.07) is 1.71. The molecule has 0 amide bonds. The molecule has 0 radical (unpaired) electrons. The first kappa shape index (κ1) is 15.8. The smallest absolute Gasteiger partial charge is 0.341 e. The van der Waals surface area contributed by atoms with E-state index in [4.69, 9.17) is 5.73 Å². The zero-order chi connectivity index (χ0) is 18.3. The molecule has 7 heteroatoms. The van der Waals surface area contributed by atoms with Crippen LogP contribution >= 0.6 is 0 Å². The van der Waals surface area contributed by atoms with Gasteiger partial charge in [0.25, 0.3) is 5.56 Å². The van der Waals surface area contributed by atoms with Gasteiger partial charge < -0.3 is 15.7 Å². The lowest BCUT2D eigenvalue weighted by Gasteiger charge is -2.26. The van der Waals surface area contributed by atoms with Crippen LogP contribution in [0.3, 0.4) is 0 Å². The molecular formula is C19H20FN3O3. The van der Waals surface area contributed by atoms with Crippen molar-refractivity contribution < 1.29 is 14.3 Å². The van der Waals surface area contributed by atoms with Gasteiger partial charge in [-0.2, -0.15) is 0 Å². The van der Waals surface area contributed by atoms with Crippen molar-refractivity contribution in [2.24, 2.45) is 17.6 Å². The molecule has 0 bridgehead atoms. The van der Waals surface area contributed by atoms with Crippen LogP contribution in [0.1, 0.15) is 40.2 Å². The van der Waals surface area contributed by atoms with Crippen molar-refractivity contribution in [3.05, 3.63) is 45.1 Å². The number of hydrogen-bond acceptors (Lipinski definition) is 4. The van der Waals surface area contributed by atoms with E-state index >= 15 is 0 Å². The molecule has 1 aliphatic heterocycles. The second kappa shape index (κ2) is 5.07. The number of pyridine rings is 2. The maximum Gasteiger partial charge on any atom is 0.341 e. The zero-order valence-corrected chi connectivity index (χ0v) is 14.4. The van der Waals surface area contributed by atoms with Crippen LogP contribution in [0.4, 0.5) is 10.1 Å². The minimum Gasteiger partial charge on any atom is -0.477 e. The van der Waals surface area contributed by atoms with Crippen molar-refractivity contribution >= 4 is 17.2 Å². The number of rotatable bonds is 3. The minimum atomic E-state index is -1.28. The van der Waals surface area contributed by atoms with E-state index in [1.807, 2.05) is 11.8 Å². The quantitative estimate of drug-likeness (QED) is 0.873. The van der Waals surface area contributed by atoms with Crippen LogP contribution in [0, 0.1) is 24.6 Å². The molecule has 1 unspecified atom stereocenters. The van der Waals surface area contributed by atoms with Gasteiger partial charge in [0.05, 0.1) is 17.4 Å². The van der Waals surface area contributed by atoms with Crippen LogP contribution in [0.15, 0.2) is 17.1 Å². The number of halogens is 1. The van der Waals surface area contributed by atoms with Gasteiger partial charge in [0.1, 0.15) is 5.56 Å². The molecule has 3 N–H and O–H groups in total. The summed E-state index contributed by atoms with van der Waals surface area (Å²) in [7, 11) is 0. The summed E-state index contributed by atoms with van der Waals surface area (Å²) in [5, 5.41) is 9.35. The summed E-state index contributed by atoms with van der Waals surface area (Å²) in [5.74, 6) is -0.687. The lowest BCUT2D eigenvalue weighted by molar-refractivity contribution is 0.0694. The Kier molecular flexibility index (Phi) is 3.08. The van der Waals surface area contributed by atoms with Crippen molar-refractivity contribution in [3.63, 3.8) is 0 Å². The van der Waals surface area contributed by atoms with Crippen LogP contribution in [-0.4, -0.2) is 34.6 Å². The Morgan fingerprint density at radius 2 is 1.96 bits per heavy atom. The number of anilines is 1. The summed E-state index contributed by atoms with van der Waals surface area (Å²) in [5.41, 5.74) is 7.73. The lowest BCUT2D eigenvalue weighted by atomic mass is 10.0. The molecule has 2 aliphatic carbocycles. The first-order valence-electron chi connectivity index (χ1n) is 9.00. The molecule has 6 nitrogen and oxygen atoms in total. The van der Waals surface area contributed by atoms with E-state index in [9.17, 15) is 19.1 Å². The topological polar surface area (TPSA) is 88.0 Å². The van der Waals surface area contributed by atoms with Gasteiger partial charge in [0, 0.05) is 19.1 Å². The van der Waals surface area contributed by atoms with Crippen molar-refractivity contribution in [3.8, 4) is 0 Å². The summed E-state index contributed by atoms with van der Waals surface area (Å²) < 4.78 is 16.1. The fourth-order valence-corrected chi connectivity index (χ4v) is 4.64. The Morgan fingerprint density at radius 3 is 2.54 bits per heavy atom. The molecule has 0 spiro atoms. The molecule has 0 aromatic carbocycles. The summed E-state index contributed by atoms with van der Waals surface area (Å²) in [4.78, 5) is 26.1. The van der Waals surface area contributed by atoms with E-state index in [1.165, 1.54) is 10.5 Å². The Morgan fingerprint density at radius 1 is 1.31 bits per heavy atom. The van der Waals surface area contributed by atoms with E-state index in [0.29, 0.717) is 28.6 Å². The number of fused-ring (bicyclic) bond motifs is 2. The largest absolute Gasteiger partial charge is 0.477 e. The molecule has 1 saturated heterocycles. The van der Waals surface area contributed by atoms with E-state index in [2.05, 4.69) is 0 Å². The highest BCUT2D eigenvalue weighted by atomic mass is 19.1. The molecule has 26 heavy (non-hydrogen) atoms. The van der Waals surface area contributed by atoms with E-state index in [-0.39, 0.29) is 17.5 Å². The predicted molar refractivity (Wildman–Crippen MR) is 94.5 cm³/mol. The number of aromatic nitrogens is 1. The monoisotopic (exact) mass is 357 g/mol. The maximum atomic E-state index is 15.0. The Balaban J connectivity index is 1.74. The second-order valence-corrected chi connectivity index (χ2v) is 7.88. The maximum absolute atomic E-state index is 15.0. The highest BCUT2D eigenvalue weighted by molar-refractivity contribution is 5.89. The van der Waals surface area contributed by atoms with Crippen LogP contribution in [0.2, 0.25) is 0 Å². The van der Waals surface area contributed by atoms with Gasteiger partial charge in [-0.15, -0.1) is 0 Å². The molecule has 3 heterocycles. The third-order valence-electron chi connectivity index (χ3n) is 6.27. The standard InChI is InChI=1S/C19H20FN3O3/c1-8-16-10(9-2-3-9)4-11(19(25)26)18(24)23(16)7-14(20)17(8)22-5-12-13(6-22)15(12)21/h4,7,9,12-13,15H,2-3,5-6,21H2,1H3,(H,25,26)/t12-,13+,15?. The van der Waals surface area contributed by atoms with Crippen molar-refractivity contribution in [1.82, 2.24) is 4.40 Å². The third kappa shape index (κ3) is 2.06. The van der Waals surface area contributed by atoms with Gasteiger partial charge in [-0.1, -0.05) is 0 Å². The molecular weight excluding hydrogens is 337 g/mol. The first-order chi connectivity index (χ1) is 12.4. The first-order valence-corrected chi connectivity index (χ1v) is 9.00. The Bertz CT molecular complexity index is 1020. The number of hydrogen-bond donors (Lipinski definition) is 2. The summed E-state index contributed by atoms with van der Waals surface area (Å²) in [6.45, 7) is 3.29. The SMILES string of the molecule is Cc1c(N2C[C@@H]3C(N)[C@@H]3C2)c(F)cn2c(=O)c(C(=O)O)cc(C3CC3)c12. The molecule has 5 rings (SSSR count). The van der Waals surface area contributed by atoms with E-state index in [0.717, 1.165) is 37.7 Å². The Labute approximate surface area is 149 Å². The number of carbonyl (C=O) groups is 1. The lowest BCUT2D eigenvalue weighted by Crippen LogP contribution is -2.31. The Hall–Kier alpha value is -2.41. The minimum absolute atomic E-state index is 0.220. The molecule has 2 aromatic heterocycles. The molecule has 136 valence electrons. The number of carboxylic acids is 1.